The molecule has 0 radical (unpaired) electrons. The van der Waals surface area contributed by atoms with E-state index in [1.54, 1.807) is 12.3 Å². The molecule has 0 atom stereocenters. The van der Waals surface area contributed by atoms with E-state index in [9.17, 15) is 0 Å². The first kappa shape index (κ1) is 10.9. The van der Waals surface area contributed by atoms with Gasteiger partial charge in [-0.3, -0.25) is 5.10 Å². The fourth-order valence-electron chi connectivity index (χ4n) is 1.19. The largest absolute Gasteiger partial charge is 0.404 e. The molecule has 1 N–H and O–H groups in total. The first-order valence-electron chi connectivity index (χ1n) is 4.77. The number of ether oxygens (including phenoxy) is 1. The van der Waals surface area contributed by atoms with Crippen molar-refractivity contribution < 1.29 is 4.74 Å². The molecule has 5 nitrogen and oxygen atoms in total. The van der Waals surface area contributed by atoms with Crippen LogP contribution < -0.4 is 4.74 Å². The summed E-state index contributed by atoms with van der Waals surface area (Å²) in [6.07, 6.45) is 1.66. The lowest BCUT2D eigenvalue weighted by atomic mass is 10.3. The van der Waals surface area contributed by atoms with Crippen LogP contribution in [0.3, 0.4) is 0 Å². The van der Waals surface area contributed by atoms with Gasteiger partial charge in [-0.15, -0.1) is 16.7 Å². The Kier molecular flexibility index (Phi) is 3.05. The highest BCUT2D eigenvalue weighted by molar-refractivity contribution is 6.17. The minimum Gasteiger partial charge on any atom is -0.404 e. The van der Waals surface area contributed by atoms with E-state index in [0.717, 1.165) is 17.0 Å². The molecule has 0 aromatic carbocycles. The normalized spacial score (nSPS) is 10.4. The number of nitrogens with one attached hydrogen (secondary N) is 1. The first-order chi connectivity index (χ1) is 7.69. The highest BCUT2D eigenvalue weighted by Crippen LogP contribution is 2.17. The van der Waals surface area contributed by atoms with Crippen molar-refractivity contribution in [2.24, 2.45) is 0 Å². The number of rotatable bonds is 3. The second kappa shape index (κ2) is 4.49. The monoisotopic (exact) mass is 238 g/mol. The van der Waals surface area contributed by atoms with Crippen LogP contribution in [-0.2, 0) is 5.88 Å². The molecule has 2 aromatic rings. The zero-order chi connectivity index (χ0) is 11.5. The standard InChI is InChI=1S/C10H11ClN4O/c1-6-3-9(15-14-6)16-10-12-5-8(4-11)7(2)13-10/h3,5H,4H2,1-2H3,(H,14,15). The molecular formula is C10H11ClN4O. The molecule has 84 valence electrons. The lowest BCUT2D eigenvalue weighted by Crippen LogP contribution is -1.97. The second-order valence-electron chi connectivity index (χ2n) is 3.39. The van der Waals surface area contributed by atoms with E-state index in [-0.39, 0.29) is 6.01 Å². The second-order valence-corrected chi connectivity index (χ2v) is 3.66. The molecule has 0 aliphatic heterocycles. The van der Waals surface area contributed by atoms with E-state index < -0.39 is 0 Å². The SMILES string of the molecule is Cc1cc(Oc2ncc(CCl)c(C)n2)n[nH]1. The Bertz CT molecular complexity index is 497. The summed E-state index contributed by atoms with van der Waals surface area (Å²) in [6, 6.07) is 2.05. The Morgan fingerprint density at radius 2 is 2.25 bits per heavy atom. The summed E-state index contributed by atoms with van der Waals surface area (Å²) in [5.74, 6) is 0.851. The van der Waals surface area contributed by atoms with Gasteiger partial charge in [0.05, 0.1) is 5.88 Å². The predicted molar refractivity (Wildman–Crippen MR) is 59.7 cm³/mol. The van der Waals surface area contributed by atoms with Crippen LogP contribution in [0.4, 0.5) is 0 Å². The molecule has 0 aliphatic carbocycles. The van der Waals surface area contributed by atoms with Crippen LogP contribution in [0.15, 0.2) is 12.3 Å². The van der Waals surface area contributed by atoms with Crippen molar-refractivity contribution in [1.29, 1.82) is 0 Å². The van der Waals surface area contributed by atoms with E-state index in [0.29, 0.717) is 11.8 Å². The molecule has 2 heterocycles. The Labute approximate surface area is 97.8 Å². The van der Waals surface area contributed by atoms with Crippen LogP contribution >= 0.6 is 11.6 Å². The molecule has 0 bridgehead atoms. The van der Waals surface area contributed by atoms with Crippen LogP contribution in [-0.4, -0.2) is 20.2 Å². The molecular weight excluding hydrogens is 228 g/mol. The van der Waals surface area contributed by atoms with Crippen molar-refractivity contribution in [1.82, 2.24) is 20.2 Å². The third-order valence-corrected chi connectivity index (χ3v) is 2.37. The Hall–Kier alpha value is -1.62. The van der Waals surface area contributed by atoms with Crippen LogP contribution in [0.25, 0.3) is 0 Å². The summed E-state index contributed by atoms with van der Waals surface area (Å²) in [7, 11) is 0. The van der Waals surface area contributed by atoms with Gasteiger partial charge < -0.3 is 4.74 Å². The fraction of sp³-hybridized carbons (Fsp3) is 0.300. The third kappa shape index (κ3) is 2.30. The molecule has 6 heteroatoms. The molecule has 2 aromatic heterocycles. The molecule has 16 heavy (non-hydrogen) atoms. The average Bonchev–Trinajstić information content (AvgIpc) is 2.64. The zero-order valence-corrected chi connectivity index (χ0v) is 9.75. The smallest absolute Gasteiger partial charge is 0.323 e. The van der Waals surface area contributed by atoms with Gasteiger partial charge >= 0.3 is 6.01 Å². The van der Waals surface area contributed by atoms with Gasteiger partial charge in [-0.25, -0.2) is 4.98 Å². The number of halogens is 1. The van der Waals surface area contributed by atoms with Gasteiger partial charge in [-0.1, -0.05) is 0 Å². The van der Waals surface area contributed by atoms with Crippen LogP contribution in [0.5, 0.6) is 11.9 Å². The molecule has 0 fully saturated rings. The maximum Gasteiger partial charge on any atom is 0.323 e. The number of hydrogen-bond donors (Lipinski definition) is 1. The van der Waals surface area contributed by atoms with Crippen LogP contribution in [0, 0.1) is 13.8 Å². The zero-order valence-electron chi connectivity index (χ0n) is 8.99. The molecule has 0 amide bonds. The Morgan fingerprint density at radius 1 is 1.44 bits per heavy atom. The number of aryl methyl sites for hydroxylation is 2. The van der Waals surface area contributed by atoms with Crippen LogP contribution in [0.2, 0.25) is 0 Å². The van der Waals surface area contributed by atoms with Gasteiger partial charge in [-0.2, -0.15) is 4.98 Å². The fourth-order valence-corrected chi connectivity index (χ4v) is 1.45. The summed E-state index contributed by atoms with van der Waals surface area (Å²) < 4.78 is 5.37. The molecule has 2 rings (SSSR count). The van der Waals surface area contributed by atoms with Gasteiger partial charge in [0.15, 0.2) is 0 Å². The summed E-state index contributed by atoms with van der Waals surface area (Å²) >= 11 is 5.71. The highest BCUT2D eigenvalue weighted by Gasteiger charge is 2.06. The number of nitrogens with zero attached hydrogens (tertiary/aromatic N) is 3. The Balaban J connectivity index is 2.19. The number of alkyl halides is 1. The van der Waals surface area contributed by atoms with Gasteiger partial charge in [0.25, 0.3) is 0 Å². The molecule has 0 aliphatic rings. The minimum absolute atomic E-state index is 0.276. The number of hydrogen-bond acceptors (Lipinski definition) is 4. The quantitative estimate of drug-likeness (QED) is 0.834. The van der Waals surface area contributed by atoms with Crippen molar-refractivity contribution in [2.75, 3.05) is 0 Å². The molecule has 0 spiro atoms. The van der Waals surface area contributed by atoms with Crippen molar-refractivity contribution in [3.63, 3.8) is 0 Å². The van der Waals surface area contributed by atoms with E-state index >= 15 is 0 Å². The molecule has 0 saturated heterocycles. The maximum absolute atomic E-state index is 5.71. The lowest BCUT2D eigenvalue weighted by Gasteiger charge is -2.03. The predicted octanol–water partition coefficient (Wildman–Crippen LogP) is 2.35. The van der Waals surface area contributed by atoms with Crippen molar-refractivity contribution >= 4 is 11.6 Å². The number of H-pyrrole nitrogens is 1. The summed E-state index contributed by atoms with van der Waals surface area (Å²) in [4.78, 5) is 8.22. The molecule has 0 saturated carbocycles. The maximum atomic E-state index is 5.71. The summed E-state index contributed by atoms with van der Waals surface area (Å²) in [5.41, 5.74) is 2.63. The van der Waals surface area contributed by atoms with Gasteiger partial charge in [0, 0.05) is 29.2 Å². The van der Waals surface area contributed by atoms with Crippen molar-refractivity contribution in [3.8, 4) is 11.9 Å². The average molecular weight is 239 g/mol. The number of aromatic amines is 1. The third-order valence-electron chi connectivity index (χ3n) is 2.08. The summed E-state index contributed by atoms with van der Waals surface area (Å²) in [6.45, 7) is 3.75. The van der Waals surface area contributed by atoms with E-state index in [1.165, 1.54) is 0 Å². The number of aromatic nitrogens is 4. The van der Waals surface area contributed by atoms with Crippen molar-refractivity contribution in [3.05, 3.63) is 29.2 Å². The van der Waals surface area contributed by atoms with Gasteiger partial charge in [-0.05, 0) is 13.8 Å². The highest BCUT2D eigenvalue weighted by atomic mass is 35.5. The van der Waals surface area contributed by atoms with E-state index in [4.69, 9.17) is 16.3 Å². The van der Waals surface area contributed by atoms with Gasteiger partial charge in [0.2, 0.25) is 5.88 Å². The Morgan fingerprint density at radius 3 is 2.81 bits per heavy atom. The van der Waals surface area contributed by atoms with E-state index in [1.807, 2.05) is 13.8 Å². The summed E-state index contributed by atoms with van der Waals surface area (Å²) in [5, 5.41) is 6.70. The van der Waals surface area contributed by atoms with Crippen LogP contribution in [0.1, 0.15) is 17.0 Å². The van der Waals surface area contributed by atoms with Gasteiger partial charge in [0.1, 0.15) is 0 Å². The molecule has 0 unspecified atom stereocenters. The topological polar surface area (TPSA) is 63.7 Å². The lowest BCUT2D eigenvalue weighted by molar-refractivity contribution is 0.422. The van der Waals surface area contributed by atoms with Crippen molar-refractivity contribution in [2.45, 2.75) is 19.7 Å². The first-order valence-corrected chi connectivity index (χ1v) is 5.31. The minimum atomic E-state index is 0.276. The van der Waals surface area contributed by atoms with E-state index in [2.05, 4.69) is 20.2 Å².